The Hall–Kier alpha value is -7.94. The Kier molecular flexibility index (Phi) is 9.72. The largest absolute Gasteiger partial charge is 0.248 e. The number of benzene rings is 8. The Morgan fingerprint density at radius 2 is 0.645 bits per heavy atom. The minimum Gasteiger partial charge on any atom is -0.248 e. The van der Waals surface area contributed by atoms with Crippen LogP contribution in [-0.2, 0) is 0 Å². The van der Waals surface area contributed by atoms with Crippen LogP contribution in [0.2, 0.25) is 0 Å². The number of hydrogen-bond donors (Lipinski definition) is 0. The minimum absolute atomic E-state index is 0.958. The van der Waals surface area contributed by atoms with E-state index in [2.05, 4.69) is 231 Å². The van der Waals surface area contributed by atoms with Gasteiger partial charge in [0.05, 0.1) is 22.8 Å². The van der Waals surface area contributed by atoms with E-state index in [9.17, 15) is 0 Å². The molecule has 1 aliphatic rings. The number of hydrogen-bond acceptors (Lipinski definition) is 2. The highest BCUT2D eigenvalue weighted by molar-refractivity contribution is 6.21. The van der Waals surface area contributed by atoms with Gasteiger partial charge in [0.25, 0.3) is 0 Å². The van der Waals surface area contributed by atoms with Crippen LogP contribution in [0.15, 0.2) is 231 Å². The SMILES string of the molecule is C1=CCCC(c2cc(-c3ccc(-c4c(-c5ccc(-c6cc(-c7ccccc7)nc(-c7ccccc7)c6)cc5)c5ccccc5c5ccccc45)cc3)cc(-c3ccccc3)n2)=C1. The molecule has 10 aromatic rings. The Balaban J connectivity index is 1.04. The van der Waals surface area contributed by atoms with Crippen molar-refractivity contribution in [3.63, 3.8) is 0 Å². The molecule has 0 fully saturated rings. The highest BCUT2D eigenvalue weighted by Crippen LogP contribution is 2.45. The number of rotatable bonds is 8. The number of allylic oxidation sites excluding steroid dienone is 4. The Bertz CT molecular complexity index is 3230. The Morgan fingerprint density at radius 3 is 1.05 bits per heavy atom. The van der Waals surface area contributed by atoms with Gasteiger partial charge in [0.2, 0.25) is 0 Å². The first kappa shape index (κ1) is 37.1. The van der Waals surface area contributed by atoms with E-state index in [1.807, 2.05) is 0 Å². The van der Waals surface area contributed by atoms with Crippen molar-refractivity contribution in [3.8, 4) is 78.3 Å². The molecule has 11 rings (SSSR count). The fraction of sp³-hybridized carbons (Fsp3) is 0.0333. The summed E-state index contributed by atoms with van der Waals surface area (Å²) in [6.45, 7) is 0. The molecule has 2 heteroatoms. The molecule has 0 unspecified atom stereocenters. The molecule has 0 N–H and O–H groups in total. The van der Waals surface area contributed by atoms with Crippen molar-refractivity contribution in [1.82, 2.24) is 9.97 Å². The van der Waals surface area contributed by atoms with Gasteiger partial charge in [-0.1, -0.05) is 206 Å². The molecule has 0 radical (unpaired) electrons. The summed E-state index contributed by atoms with van der Waals surface area (Å²) in [6, 6.07) is 76.4. The third-order valence-corrected chi connectivity index (χ3v) is 12.1. The smallest absolute Gasteiger partial charge is 0.0715 e. The number of nitrogens with zero attached hydrogens (tertiary/aromatic N) is 2. The van der Waals surface area contributed by atoms with Crippen LogP contribution in [-0.4, -0.2) is 9.97 Å². The summed E-state index contributed by atoms with van der Waals surface area (Å²) in [7, 11) is 0. The molecule has 0 saturated heterocycles. The quantitative estimate of drug-likeness (QED) is 0.143. The maximum absolute atomic E-state index is 5.18. The standard InChI is InChI=1S/C60H42N2/c1-5-17-43(18-6-1)55-37-49(38-56(61-55)44-19-7-2-8-20-44)41-29-33-47(34-30-41)59-53-27-15-13-25-51(53)52-26-14-16-28-54(52)60(59)48-35-31-42(32-36-48)50-39-57(45-21-9-3-10-22-45)62-58(40-50)46-23-11-4-12-24-46/h1-11,13-23,25-40H,12,24H2. The fourth-order valence-corrected chi connectivity index (χ4v) is 9.05. The Morgan fingerprint density at radius 1 is 0.290 bits per heavy atom. The lowest BCUT2D eigenvalue weighted by molar-refractivity contribution is 1.04. The van der Waals surface area contributed by atoms with Crippen molar-refractivity contribution in [2.45, 2.75) is 12.8 Å². The molecule has 2 aromatic heterocycles. The summed E-state index contributed by atoms with van der Waals surface area (Å²) in [6.07, 6.45) is 8.63. The van der Waals surface area contributed by atoms with Gasteiger partial charge in [-0.05, 0) is 109 Å². The van der Waals surface area contributed by atoms with E-state index in [0.29, 0.717) is 0 Å². The van der Waals surface area contributed by atoms with Crippen molar-refractivity contribution < 1.29 is 0 Å². The van der Waals surface area contributed by atoms with Crippen LogP contribution in [0.4, 0.5) is 0 Å². The third kappa shape index (κ3) is 7.12. The predicted octanol–water partition coefficient (Wildman–Crippen LogP) is 16.2. The summed E-state index contributed by atoms with van der Waals surface area (Å²) in [5, 5.41) is 4.98. The van der Waals surface area contributed by atoms with E-state index in [0.717, 1.165) is 69.0 Å². The molecule has 62 heavy (non-hydrogen) atoms. The minimum atomic E-state index is 0.958. The lowest BCUT2D eigenvalue weighted by atomic mass is 9.84. The van der Waals surface area contributed by atoms with Gasteiger partial charge in [-0.15, -0.1) is 0 Å². The van der Waals surface area contributed by atoms with Gasteiger partial charge in [-0.25, -0.2) is 9.97 Å². The molecule has 292 valence electrons. The zero-order valence-electron chi connectivity index (χ0n) is 34.2. The Labute approximate surface area is 362 Å². The average molecular weight is 791 g/mol. The molecule has 1 aliphatic carbocycles. The molecule has 0 spiro atoms. The van der Waals surface area contributed by atoms with Gasteiger partial charge in [0, 0.05) is 16.7 Å². The summed E-state index contributed by atoms with van der Waals surface area (Å²) in [5.41, 5.74) is 18.0. The predicted molar refractivity (Wildman–Crippen MR) is 261 cm³/mol. The van der Waals surface area contributed by atoms with Crippen LogP contribution in [0, 0.1) is 0 Å². The maximum Gasteiger partial charge on any atom is 0.0715 e. The van der Waals surface area contributed by atoms with Crippen LogP contribution in [0.5, 0.6) is 0 Å². The first-order chi connectivity index (χ1) is 30.7. The molecule has 2 nitrogen and oxygen atoms in total. The molecule has 2 heterocycles. The summed E-state index contributed by atoms with van der Waals surface area (Å²) in [5.74, 6) is 0. The fourth-order valence-electron chi connectivity index (χ4n) is 9.05. The van der Waals surface area contributed by atoms with Crippen molar-refractivity contribution in [2.75, 3.05) is 0 Å². The number of fused-ring (bicyclic) bond motifs is 3. The van der Waals surface area contributed by atoms with E-state index in [1.165, 1.54) is 54.9 Å². The van der Waals surface area contributed by atoms with Gasteiger partial charge in [-0.3, -0.25) is 0 Å². The summed E-state index contributed by atoms with van der Waals surface area (Å²) in [4.78, 5) is 10.3. The van der Waals surface area contributed by atoms with Gasteiger partial charge < -0.3 is 0 Å². The molecule has 0 amide bonds. The van der Waals surface area contributed by atoms with Crippen LogP contribution >= 0.6 is 0 Å². The zero-order valence-corrected chi connectivity index (χ0v) is 34.2. The van der Waals surface area contributed by atoms with Crippen molar-refractivity contribution in [1.29, 1.82) is 0 Å². The van der Waals surface area contributed by atoms with Crippen molar-refractivity contribution in [2.24, 2.45) is 0 Å². The van der Waals surface area contributed by atoms with E-state index in [1.54, 1.807) is 0 Å². The monoisotopic (exact) mass is 790 g/mol. The number of pyridine rings is 2. The molecule has 0 saturated carbocycles. The number of aromatic nitrogens is 2. The molecular weight excluding hydrogens is 749 g/mol. The summed E-state index contributed by atoms with van der Waals surface area (Å²) < 4.78 is 0. The van der Waals surface area contributed by atoms with Crippen LogP contribution < -0.4 is 0 Å². The van der Waals surface area contributed by atoms with Gasteiger partial charge >= 0.3 is 0 Å². The molecule has 0 aliphatic heterocycles. The van der Waals surface area contributed by atoms with Crippen LogP contribution in [0.25, 0.3) is 105 Å². The molecule has 0 atom stereocenters. The molecule has 0 bridgehead atoms. The van der Waals surface area contributed by atoms with Gasteiger partial charge in [-0.2, -0.15) is 0 Å². The van der Waals surface area contributed by atoms with Crippen LogP contribution in [0.3, 0.4) is 0 Å². The lowest BCUT2D eigenvalue weighted by Crippen LogP contribution is -1.96. The highest BCUT2D eigenvalue weighted by atomic mass is 14.7. The lowest BCUT2D eigenvalue weighted by Gasteiger charge is -2.19. The second-order valence-electron chi connectivity index (χ2n) is 16.0. The highest BCUT2D eigenvalue weighted by Gasteiger charge is 2.19. The molecular formula is C60H42N2. The normalized spacial score (nSPS) is 12.4. The van der Waals surface area contributed by atoms with E-state index in [4.69, 9.17) is 9.97 Å². The summed E-state index contributed by atoms with van der Waals surface area (Å²) >= 11 is 0. The first-order valence-electron chi connectivity index (χ1n) is 21.5. The van der Waals surface area contributed by atoms with E-state index < -0.39 is 0 Å². The first-order valence-corrected chi connectivity index (χ1v) is 21.5. The van der Waals surface area contributed by atoms with Crippen LogP contribution in [0.1, 0.15) is 18.5 Å². The zero-order chi connectivity index (χ0) is 41.2. The average Bonchev–Trinajstić information content (AvgIpc) is 3.37. The topological polar surface area (TPSA) is 25.8 Å². The van der Waals surface area contributed by atoms with Crippen molar-refractivity contribution >= 4 is 27.1 Å². The van der Waals surface area contributed by atoms with Gasteiger partial charge in [0.15, 0.2) is 0 Å². The maximum atomic E-state index is 5.18. The van der Waals surface area contributed by atoms with Crippen molar-refractivity contribution in [3.05, 3.63) is 236 Å². The second kappa shape index (κ2) is 16.3. The van der Waals surface area contributed by atoms with E-state index >= 15 is 0 Å². The molecule has 8 aromatic carbocycles. The second-order valence-corrected chi connectivity index (χ2v) is 16.0. The van der Waals surface area contributed by atoms with Gasteiger partial charge in [0.1, 0.15) is 0 Å². The van der Waals surface area contributed by atoms with E-state index in [-0.39, 0.29) is 0 Å². The third-order valence-electron chi connectivity index (χ3n) is 12.1.